The van der Waals surface area contributed by atoms with Crippen LogP contribution < -0.4 is 15.2 Å². The molecule has 4 unspecified atom stereocenters. The Labute approximate surface area is 263 Å². The summed E-state index contributed by atoms with van der Waals surface area (Å²) in [4.78, 5) is 29.3. The number of alkyl halides is 1. The minimum atomic E-state index is -0.892. The fourth-order valence-corrected chi connectivity index (χ4v) is 8.15. The van der Waals surface area contributed by atoms with Crippen molar-refractivity contribution in [3.8, 4) is 23.0 Å². The summed E-state index contributed by atoms with van der Waals surface area (Å²) in [5.74, 6) is -0.281. The summed E-state index contributed by atoms with van der Waals surface area (Å²) in [6.07, 6.45) is 2.94. The number of nitrogens with two attached hydrogens (primary N) is 1. The number of carbonyl (C=O) groups excluding carboxylic acids is 1. The molecule has 9 nitrogen and oxygen atoms in total. The number of hydrogen-bond acceptors (Lipinski definition) is 8. The molecule has 0 bridgehead atoms. The van der Waals surface area contributed by atoms with E-state index in [0.717, 1.165) is 30.7 Å². The minimum absolute atomic E-state index is 0.105. The molecule has 0 aliphatic carbocycles. The number of halogens is 2. The first kappa shape index (κ1) is 29.4. The lowest BCUT2D eigenvalue weighted by molar-refractivity contribution is -0.127. The molecule has 0 spiro atoms. The van der Waals surface area contributed by atoms with Crippen LogP contribution in [0.1, 0.15) is 32.6 Å². The molecule has 3 saturated heterocycles. The third kappa shape index (κ3) is 4.94. The van der Waals surface area contributed by atoms with E-state index in [9.17, 15) is 13.6 Å². The highest BCUT2D eigenvalue weighted by Crippen LogP contribution is 2.47. The molecule has 3 fully saturated rings. The first-order valence-electron chi connectivity index (χ1n) is 15.0. The fraction of sp³-hybridized carbons (Fsp3) is 0.394. The molecular weight excluding hydrogens is 598 g/mol. The Morgan fingerprint density at radius 3 is 2.96 bits per heavy atom. The molecule has 0 saturated carbocycles. The number of hydrogen-bond donors (Lipinski definition) is 1. The van der Waals surface area contributed by atoms with Crippen LogP contribution in [0.25, 0.3) is 37.0 Å². The number of likely N-dealkylation sites (tertiary alicyclic amines) is 1. The van der Waals surface area contributed by atoms with Gasteiger partial charge in [0.1, 0.15) is 24.7 Å². The average molecular weight is 631 g/mol. The number of thiophene rings is 1. The third-order valence-electron chi connectivity index (χ3n) is 9.49. The zero-order valence-electron chi connectivity index (χ0n) is 24.8. The highest BCUT2D eigenvalue weighted by molar-refractivity contribution is 7.23. The van der Waals surface area contributed by atoms with E-state index in [2.05, 4.69) is 21.3 Å². The lowest BCUT2D eigenvalue weighted by Gasteiger charge is -2.30. The number of nitrogens with zero attached hydrogens (tertiary/aromatic N) is 5. The number of carbonyl (C=O) groups is 1. The van der Waals surface area contributed by atoms with Crippen LogP contribution in [0.3, 0.4) is 0 Å². The lowest BCUT2D eigenvalue weighted by Crippen LogP contribution is -2.43. The van der Waals surface area contributed by atoms with E-state index < -0.39 is 12.0 Å². The molecule has 7 rings (SSSR count). The van der Waals surface area contributed by atoms with Gasteiger partial charge in [-0.1, -0.05) is 18.7 Å². The molecule has 2 aromatic heterocycles. The van der Waals surface area contributed by atoms with E-state index >= 15 is 0 Å². The number of benzene rings is 2. The second-order valence-electron chi connectivity index (χ2n) is 12.1. The Morgan fingerprint density at radius 1 is 1.31 bits per heavy atom. The number of nitrogen functional groups attached to an aromatic ring is 1. The van der Waals surface area contributed by atoms with Gasteiger partial charge in [-0.05, 0) is 61.7 Å². The van der Waals surface area contributed by atoms with Gasteiger partial charge >= 0.3 is 6.01 Å². The van der Waals surface area contributed by atoms with Crippen LogP contribution in [0.5, 0.6) is 11.9 Å². The van der Waals surface area contributed by atoms with E-state index in [1.165, 1.54) is 12.1 Å². The largest absolute Gasteiger partial charge is 0.471 e. The van der Waals surface area contributed by atoms with E-state index in [0.29, 0.717) is 63.9 Å². The topological polar surface area (TPSA) is 98.2 Å². The molecule has 0 radical (unpaired) electrons. The second kappa shape index (κ2) is 11.2. The number of aromatic nitrogens is 2. The number of rotatable bonds is 7. The maximum atomic E-state index is 14.8. The molecule has 45 heavy (non-hydrogen) atoms. The van der Waals surface area contributed by atoms with Gasteiger partial charge in [0, 0.05) is 31.3 Å². The lowest BCUT2D eigenvalue weighted by atomic mass is 9.95. The third-order valence-corrected chi connectivity index (χ3v) is 10.5. The first-order valence-corrected chi connectivity index (χ1v) is 15.8. The normalized spacial score (nSPS) is 24.7. The van der Waals surface area contributed by atoms with Gasteiger partial charge < -0.3 is 20.1 Å². The predicted molar refractivity (Wildman–Crippen MR) is 170 cm³/mol. The zero-order chi connectivity index (χ0) is 31.5. The van der Waals surface area contributed by atoms with Crippen LogP contribution >= 0.6 is 11.3 Å². The Bertz CT molecular complexity index is 1890. The monoisotopic (exact) mass is 630 g/mol. The van der Waals surface area contributed by atoms with Crippen LogP contribution in [0, 0.1) is 12.4 Å². The van der Waals surface area contributed by atoms with E-state index in [4.69, 9.17) is 26.8 Å². The van der Waals surface area contributed by atoms with Crippen molar-refractivity contribution in [2.45, 2.75) is 56.5 Å². The highest BCUT2D eigenvalue weighted by Gasteiger charge is 2.49. The van der Waals surface area contributed by atoms with E-state index in [-0.39, 0.29) is 46.9 Å². The number of fused-ring (bicyclic) bond motifs is 3. The van der Waals surface area contributed by atoms with Crippen molar-refractivity contribution >= 4 is 48.9 Å². The van der Waals surface area contributed by atoms with Crippen molar-refractivity contribution in [2.75, 3.05) is 32.0 Å². The average Bonchev–Trinajstić information content (AvgIpc) is 3.76. The van der Waals surface area contributed by atoms with E-state index in [1.807, 2.05) is 25.1 Å². The van der Waals surface area contributed by atoms with Gasteiger partial charge in [0.15, 0.2) is 0 Å². The van der Waals surface area contributed by atoms with Crippen LogP contribution in [-0.4, -0.2) is 75.8 Å². The number of ether oxygens (including phenoxy) is 2. The van der Waals surface area contributed by atoms with Gasteiger partial charge in [-0.3, -0.25) is 9.69 Å². The zero-order valence-corrected chi connectivity index (χ0v) is 25.6. The molecular formula is C33H32F2N6O3S. The Hall–Kier alpha value is -4.34. The second-order valence-corrected chi connectivity index (χ2v) is 13.1. The maximum Gasteiger partial charge on any atom is 0.320 e. The van der Waals surface area contributed by atoms with Crippen LogP contribution in [-0.2, 0) is 4.79 Å². The fourth-order valence-electron chi connectivity index (χ4n) is 7.22. The quantitative estimate of drug-likeness (QED) is 0.189. The highest BCUT2D eigenvalue weighted by atomic mass is 32.1. The maximum absolute atomic E-state index is 14.8. The summed E-state index contributed by atoms with van der Waals surface area (Å²) in [6.45, 7) is 15.2. The molecule has 3 aliphatic heterocycles. The van der Waals surface area contributed by atoms with Crippen molar-refractivity contribution in [1.82, 2.24) is 19.8 Å². The summed E-state index contributed by atoms with van der Waals surface area (Å²) >= 11 is 1.05. The summed E-state index contributed by atoms with van der Waals surface area (Å²) in [5, 5.41) is 1.35. The molecule has 232 valence electrons. The minimum Gasteiger partial charge on any atom is -0.471 e. The van der Waals surface area contributed by atoms with Crippen molar-refractivity contribution in [2.24, 2.45) is 0 Å². The number of anilines is 1. The van der Waals surface area contributed by atoms with Gasteiger partial charge in [0.2, 0.25) is 17.5 Å². The summed E-state index contributed by atoms with van der Waals surface area (Å²) < 4.78 is 42.2. The Morgan fingerprint density at radius 2 is 2.16 bits per heavy atom. The van der Waals surface area contributed by atoms with Gasteiger partial charge in [-0.2, -0.15) is 9.97 Å². The van der Waals surface area contributed by atoms with Gasteiger partial charge in [0.25, 0.3) is 0 Å². The van der Waals surface area contributed by atoms with Crippen LogP contribution in [0.4, 0.5) is 19.5 Å². The summed E-state index contributed by atoms with van der Waals surface area (Å²) in [5.41, 5.74) is 7.81. The smallest absolute Gasteiger partial charge is 0.320 e. The summed E-state index contributed by atoms with van der Waals surface area (Å²) in [7, 11) is 0. The van der Waals surface area contributed by atoms with Gasteiger partial charge in [-0.15, -0.1) is 11.3 Å². The SMILES string of the molecule is [C-]#[N+]c1c(N)sc2c(F)ccc(-c3ccc4c(OC5CCN(C(=O)C=C)C5C)nc(OCC56CCCN5CC(F)C6)nc4c3)c12. The van der Waals surface area contributed by atoms with Gasteiger partial charge in [-0.25, -0.2) is 13.6 Å². The number of amides is 1. The van der Waals surface area contributed by atoms with Crippen LogP contribution in [0.2, 0.25) is 0 Å². The Kier molecular flexibility index (Phi) is 7.33. The predicted octanol–water partition coefficient (Wildman–Crippen LogP) is 6.29. The van der Waals surface area contributed by atoms with E-state index in [1.54, 1.807) is 11.0 Å². The molecule has 4 aromatic rings. The van der Waals surface area contributed by atoms with Crippen molar-refractivity contribution in [3.05, 3.63) is 60.2 Å². The standard InChI is InChI=1S/C33H32F2N6O3S/c1-4-26(42)41-13-10-25(18(41)2)44-31-22-7-6-19(21-8-9-23(35)29-27(21)28(37-3)30(36)45-29)14-24(22)38-32(39-31)43-17-33-11-5-12-40(33)16-20(34)15-33/h4,6-9,14,18,20,25H,1,5,10-13,15-17,36H2,2H3. The van der Waals surface area contributed by atoms with Crippen LogP contribution in [0.15, 0.2) is 43.0 Å². The van der Waals surface area contributed by atoms with Crippen molar-refractivity contribution in [3.63, 3.8) is 0 Å². The molecule has 3 aliphatic rings. The molecule has 12 heteroatoms. The molecule has 2 N–H and O–H groups in total. The molecule has 1 amide bonds. The van der Waals surface area contributed by atoms with Crippen molar-refractivity contribution in [1.29, 1.82) is 0 Å². The summed E-state index contributed by atoms with van der Waals surface area (Å²) in [6, 6.07) is 8.44. The Balaban J connectivity index is 1.29. The first-order chi connectivity index (χ1) is 21.7. The molecule has 4 atom stereocenters. The van der Waals surface area contributed by atoms with Crippen molar-refractivity contribution < 1.29 is 23.0 Å². The van der Waals surface area contributed by atoms with Gasteiger partial charge in [0.05, 0.1) is 38.8 Å². The molecule has 2 aromatic carbocycles. The molecule has 5 heterocycles.